The van der Waals surface area contributed by atoms with Crippen molar-refractivity contribution in [1.29, 1.82) is 0 Å². The highest BCUT2D eigenvalue weighted by Gasteiger charge is 2.46. The maximum absolute atomic E-state index is 13.4. The normalized spacial score (nSPS) is 18.4. The zero-order valence-electron chi connectivity index (χ0n) is 21.5. The van der Waals surface area contributed by atoms with Gasteiger partial charge in [-0.05, 0) is 78.3 Å². The number of nitrogens with zero attached hydrogens (tertiary/aromatic N) is 2. The van der Waals surface area contributed by atoms with Crippen molar-refractivity contribution in [2.45, 2.75) is 38.3 Å². The van der Waals surface area contributed by atoms with E-state index in [1.807, 2.05) is 61.5 Å². The third kappa shape index (κ3) is 4.67. The first-order chi connectivity index (χ1) is 18.2. The third-order valence-corrected chi connectivity index (χ3v) is 7.44. The number of aliphatic hydroxyl groups is 1. The summed E-state index contributed by atoms with van der Waals surface area (Å²) in [4.78, 5) is 41.4. The molecule has 0 aromatic heterocycles. The van der Waals surface area contributed by atoms with Crippen molar-refractivity contribution in [3.8, 4) is 0 Å². The fraction of sp³-hybridized carbons (Fsp3) is 0.258. The van der Waals surface area contributed by atoms with Crippen molar-refractivity contribution in [1.82, 2.24) is 4.90 Å². The lowest BCUT2D eigenvalue weighted by atomic mass is 9.88. The number of carbonyl (C=O) groups excluding carboxylic acids is 2. The van der Waals surface area contributed by atoms with Crippen molar-refractivity contribution in [3.05, 3.63) is 106 Å². The topological polar surface area (TPSA) is 98.2 Å². The van der Waals surface area contributed by atoms with Crippen LogP contribution in [-0.2, 0) is 29.0 Å². The van der Waals surface area contributed by atoms with E-state index in [0.29, 0.717) is 16.7 Å². The number of fused-ring (bicyclic) bond motifs is 1. The van der Waals surface area contributed by atoms with Crippen LogP contribution in [0.15, 0.2) is 72.3 Å². The van der Waals surface area contributed by atoms with Crippen LogP contribution in [0.25, 0.3) is 5.76 Å². The molecule has 194 valence electrons. The maximum Gasteiger partial charge on any atom is 0.335 e. The zero-order valence-corrected chi connectivity index (χ0v) is 21.5. The predicted molar refractivity (Wildman–Crippen MR) is 145 cm³/mol. The Hall–Kier alpha value is -4.39. The van der Waals surface area contributed by atoms with Crippen molar-refractivity contribution in [2.24, 2.45) is 0 Å². The van der Waals surface area contributed by atoms with Crippen LogP contribution in [0.1, 0.15) is 57.1 Å². The Balaban J connectivity index is 1.60. The predicted octanol–water partition coefficient (Wildman–Crippen LogP) is 4.95. The summed E-state index contributed by atoms with van der Waals surface area (Å²) in [5.74, 6) is -2.65. The van der Waals surface area contributed by atoms with E-state index in [0.717, 1.165) is 31.4 Å². The number of amides is 1. The molecule has 0 bridgehead atoms. The second kappa shape index (κ2) is 10.2. The van der Waals surface area contributed by atoms with Crippen molar-refractivity contribution < 1.29 is 24.6 Å². The standard InChI is InChI=1S/C31H30N2O5/c1-32(2)25-15-13-21(14-16-25)27-26(28(34)24-12-11-20-5-3-4-6-23(20)17-24)29(35)30(36)33(27)18-19-7-9-22(10-8-19)31(37)38/h7-17,27,34H,3-6,18H2,1-2H3,(H,37,38)/b28-26-. The maximum atomic E-state index is 13.4. The molecule has 1 aliphatic heterocycles. The number of aliphatic hydroxyl groups excluding tert-OH is 1. The molecule has 7 heteroatoms. The minimum atomic E-state index is -1.04. The molecular formula is C31H30N2O5. The van der Waals surface area contributed by atoms with Gasteiger partial charge in [0, 0.05) is 31.9 Å². The summed E-state index contributed by atoms with van der Waals surface area (Å²) >= 11 is 0. The molecular weight excluding hydrogens is 480 g/mol. The van der Waals surface area contributed by atoms with Gasteiger partial charge >= 0.3 is 5.97 Å². The highest BCUT2D eigenvalue weighted by Crippen LogP contribution is 2.41. The number of likely N-dealkylation sites (tertiary alicyclic amines) is 1. The molecule has 5 rings (SSSR count). The Labute approximate surface area is 221 Å². The van der Waals surface area contributed by atoms with Crippen molar-refractivity contribution in [2.75, 3.05) is 19.0 Å². The smallest absolute Gasteiger partial charge is 0.335 e. The number of carboxylic acid groups (broad SMARTS) is 1. The molecule has 7 nitrogen and oxygen atoms in total. The van der Waals surface area contributed by atoms with E-state index < -0.39 is 23.7 Å². The number of aryl methyl sites for hydroxylation is 2. The molecule has 1 saturated heterocycles. The molecule has 0 saturated carbocycles. The molecule has 1 amide bonds. The Morgan fingerprint density at radius 3 is 2.13 bits per heavy atom. The second-order valence-electron chi connectivity index (χ2n) is 10.1. The van der Waals surface area contributed by atoms with E-state index in [2.05, 4.69) is 0 Å². The van der Waals surface area contributed by atoms with Gasteiger partial charge in [0.1, 0.15) is 5.76 Å². The van der Waals surface area contributed by atoms with Crippen molar-refractivity contribution in [3.63, 3.8) is 0 Å². The van der Waals surface area contributed by atoms with E-state index in [-0.39, 0.29) is 23.4 Å². The lowest BCUT2D eigenvalue weighted by Crippen LogP contribution is -2.29. The molecule has 3 aromatic rings. The fourth-order valence-electron chi connectivity index (χ4n) is 5.33. The summed E-state index contributed by atoms with van der Waals surface area (Å²) in [6.45, 7) is 0.0888. The van der Waals surface area contributed by atoms with Crippen LogP contribution in [-0.4, -0.2) is 46.9 Å². The molecule has 0 radical (unpaired) electrons. The number of aromatic carboxylic acids is 1. The molecule has 0 spiro atoms. The van der Waals surface area contributed by atoms with Gasteiger partial charge in [-0.3, -0.25) is 9.59 Å². The van der Waals surface area contributed by atoms with Gasteiger partial charge < -0.3 is 20.0 Å². The Morgan fingerprint density at radius 2 is 1.50 bits per heavy atom. The quantitative estimate of drug-likeness (QED) is 0.277. The first-order valence-corrected chi connectivity index (χ1v) is 12.7. The summed E-state index contributed by atoms with van der Waals surface area (Å²) in [5.41, 5.74) is 5.50. The summed E-state index contributed by atoms with van der Waals surface area (Å²) in [7, 11) is 3.86. The van der Waals surface area contributed by atoms with Gasteiger partial charge in [0.05, 0.1) is 17.2 Å². The van der Waals surface area contributed by atoms with Crippen LogP contribution in [0.5, 0.6) is 0 Å². The molecule has 2 N–H and O–H groups in total. The Morgan fingerprint density at radius 1 is 0.868 bits per heavy atom. The highest BCUT2D eigenvalue weighted by molar-refractivity contribution is 6.46. The monoisotopic (exact) mass is 510 g/mol. The summed E-state index contributed by atoms with van der Waals surface area (Å²) in [6.07, 6.45) is 4.15. The minimum Gasteiger partial charge on any atom is -0.507 e. The number of ketones is 1. The van der Waals surface area contributed by atoms with Crippen LogP contribution in [0, 0.1) is 0 Å². The first-order valence-electron chi connectivity index (χ1n) is 12.7. The summed E-state index contributed by atoms with van der Waals surface area (Å²) in [5, 5.41) is 20.7. The number of Topliss-reactive ketones (excluding diaryl/α,β-unsaturated/α-hetero) is 1. The zero-order chi connectivity index (χ0) is 27.0. The van der Waals surface area contributed by atoms with Crippen LogP contribution in [0.2, 0.25) is 0 Å². The Bertz CT molecular complexity index is 1440. The summed E-state index contributed by atoms with van der Waals surface area (Å²) < 4.78 is 0. The number of carbonyl (C=O) groups is 3. The second-order valence-corrected chi connectivity index (χ2v) is 10.1. The van der Waals surface area contributed by atoms with E-state index in [1.54, 1.807) is 12.1 Å². The number of hydrogen-bond donors (Lipinski definition) is 2. The highest BCUT2D eigenvalue weighted by atomic mass is 16.4. The first kappa shape index (κ1) is 25.3. The minimum absolute atomic E-state index is 0.0607. The largest absolute Gasteiger partial charge is 0.507 e. The van der Waals surface area contributed by atoms with Crippen LogP contribution in [0.4, 0.5) is 5.69 Å². The number of rotatable bonds is 6. The molecule has 38 heavy (non-hydrogen) atoms. The Kier molecular flexibility index (Phi) is 6.76. The molecule has 3 aromatic carbocycles. The fourth-order valence-corrected chi connectivity index (χ4v) is 5.33. The summed E-state index contributed by atoms with van der Waals surface area (Å²) in [6, 6.07) is 18.8. The van der Waals surface area contributed by atoms with Gasteiger partial charge in [-0.1, -0.05) is 36.4 Å². The van der Waals surface area contributed by atoms with Crippen LogP contribution < -0.4 is 4.90 Å². The van der Waals surface area contributed by atoms with E-state index in [1.165, 1.54) is 28.2 Å². The number of hydrogen-bond acceptors (Lipinski definition) is 5. The van der Waals surface area contributed by atoms with Gasteiger partial charge in [-0.2, -0.15) is 0 Å². The van der Waals surface area contributed by atoms with Crippen molar-refractivity contribution >= 4 is 29.1 Å². The molecule has 1 heterocycles. The molecule has 2 aliphatic rings. The molecule has 1 fully saturated rings. The number of carboxylic acids is 1. The van der Waals surface area contributed by atoms with Crippen LogP contribution >= 0.6 is 0 Å². The lowest BCUT2D eigenvalue weighted by Gasteiger charge is -2.26. The average Bonchev–Trinajstić information content (AvgIpc) is 3.17. The third-order valence-electron chi connectivity index (χ3n) is 7.44. The van der Waals surface area contributed by atoms with E-state index >= 15 is 0 Å². The SMILES string of the molecule is CN(C)c1ccc(C2/C(=C(/O)c3ccc4c(c3)CCCC4)C(=O)C(=O)N2Cc2ccc(C(=O)O)cc2)cc1. The number of anilines is 1. The van der Waals surface area contributed by atoms with E-state index in [4.69, 9.17) is 0 Å². The molecule has 1 unspecified atom stereocenters. The van der Waals surface area contributed by atoms with Gasteiger partial charge in [-0.25, -0.2) is 4.79 Å². The van der Waals surface area contributed by atoms with Crippen LogP contribution in [0.3, 0.4) is 0 Å². The van der Waals surface area contributed by atoms with E-state index in [9.17, 15) is 24.6 Å². The van der Waals surface area contributed by atoms with Gasteiger partial charge in [0.15, 0.2) is 0 Å². The molecule has 1 aliphatic carbocycles. The number of benzene rings is 3. The van der Waals surface area contributed by atoms with Gasteiger partial charge in [0.25, 0.3) is 11.7 Å². The van der Waals surface area contributed by atoms with Gasteiger partial charge in [-0.15, -0.1) is 0 Å². The lowest BCUT2D eigenvalue weighted by molar-refractivity contribution is -0.140. The average molecular weight is 511 g/mol. The van der Waals surface area contributed by atoms with Gasteiger partial charge in [0.2, 0.25) is 0 Å². The molecule has 1 atom stereocenters.